The lowest BCUT2D eigenvalue weighted by Crippen LogP contribution is -1.85. The van der Waals surface area contributed by atoms with E-state index >= 15 is 0 Å². The predicted molar refractivity (Wildman–Crippen MR) is 95.8 cm³/mol. The predicted octanol–water partition coefficient (Wildman–Crippen LogP) is 5.39. The van der Waals surface area contributed by atoms with Gasteiger partial charge in [0.25, 0.3) is 5.69 Å². The average Bonchev–Trinajstić information content (AvgIpc) is 3.27. The van der Waals surface area contributed by atoms with Gasteiger partial charge in [-0.3, -0.25) is 14.5 Å². The summed E-state index contributed by atoms with van der Waals surface area (Å²) in [6, 6.07) is 15.7. The van der Waals surface area contributed by atoms with Gasteiger partial charge in [0.05, 0.1) is 15.5 Å². The lowest BCUT2D eigenvalue weighted by molar-refractivity contribution is -0.384. The molecule has 4 aromatic rings. The van der Waals surface area contributed by atoms with Crippen LogP contribution in [0.5, 0.6) is 0 Å². The highest BCUT2D eigenvalue weighted by Gasteiger charge is 2.14. The molecule has 8 heteroatoms. The Morgan fingerprint density at radius 1 is 1.08 bits per heavy atom. The van der Waals surface area contributed by atoms with Crippen LogP contribution >= 0.6 is 11.3 Å². The second kappa shape index (κ2) is 6.25. The van der Waals surface area contributed by atoms with E-state index in [4.69, 9.17) is 0 Å². The monoisotopic (exact) mass is 349 g/mol. The number of imidazole rings is 1. The number of nitro groups is 1. The Bertz CT molecular complexity index is 1090. The van der Waals surface area contributed by atoms with E-state index in [0.717, 1.165) is 16.2 Å². The highest BCUT2D eigenvalue weighted by molar-refractivity contribution is 7.13. The molecule has 0 aliphatic heterocycles. The maximum absolute atomic E-state index is 10.9. The van der Waals surface area contributed by atoms with Gasteiger partial charge in [-0.25, -0.2) is 4.98 Å². The maximum atomic E-state index is 10.9. The molecule has 0 fully saturated rings. The zero-order valence-corrected chi connectivity index (χ0v) is 13.6. The van der Waals surface area contributed by atoms with Gasteiger partial charge in [0.15, 0.2) is 5.82 Å². The first-order chi connectivity index (χ1) is 12.2. The topological polar surface area (TPSA) is 85.2 Å². The minimum absolute atomic E-state index is 0.0203. The molecule has 3 heterocycles. The summed E-state index contributed by atoms with van der Waals surface area (Å²) in [5.74, 6) is 0.588. The van der Waals surface area contributed by atoms with Crippen LogP contribution in [0, 0.1) is 10.1 Å². The van der Waals surface area contributed by atoms with Crippen molar-refractivity contribution in [2.75, 3.05) is 0 Å². The van der Waals surface area contributed by atoms with Crippen molar-refractivity contribution in [3.05, 3.63) is 76.3 Å². The van der Waals surface area contributed by atoms with Crippen LogP contribution in [0.25, 0.3) is 16.2 Å². The molecule has 0 radical (unpaired) electrons. The van der Waals surface area contributed by atoms with Crippen LogP contribution in [-0.4, -0.2) is 14.3 Å². The largest absolute Gasteiger partial charge is 0.283 e. The number of non-ortho nitro benzene ring substituents is 1. The molecule has 7 nitrogen and oxygen atoms in total. The van der Waals surface area contributed by atoms with Gasteiger partial charge in [0.1, 0.15) is 11.3 Å². The molecule has 0 spiro atoms. The van der Waals surface area contributed by atoms with Crippen LogP contribution in [-0.2, 0) is 0 Å². The van der Waals surface area contributed by atoms with Gasteiger partial charge in [-0.2, -0.15) is 0 Å². The number of fused-ring (bicyclic) bond motifs is 1. The van der Waals surface area contributed by atoms with Gasteiger partial charge < -0.3 is 0 Å². The first kappa shape index (κ1) is 15.2. The Morgan fingerprint density at radius 2 is 2.00 bits per heavy atom. The van der Waals surface area contributed by atoms with Crippen LogP contribution in [0.15, 0.2) is 76.4 Å². The first-order valence-corrected chi connectivity index (χ1v) is 8.27. The van der Waals surface area contributed by atoms with Gasteiger partial charge in [0, 0.05) is 18.3 Å². The number of nitro benzene ring substituents is 1. The SMILES string of the molecule is O=[N+]([O-])c1cccc(N=Nc2c(-c3cccs3)nc3ccccn23)c1. The highest BCUT2D eigenvalue weighted by atomic mass is 32.1. The van der Waals surface area contributed by atoms with Crippen molar-refractivity contribution >= 4 is 34.2 Å². The molecular formula is C17H11N5O2S. The molecular weight excluding hydrogens is 338 g/mol. The van der Waals surface area contributed by atoms with Gasteiger partial charge in [-0.05, 0) is 29.6 Å². The number of aromatic nitrogens is 2. The standard InChI is InChI=1S/C17H11N5O2S/c23-22(24)13-6-3-5-12(11-13)19-20-17-16(14-7-4-10-25-14)18-15-8-1-2-9-21(15)17/h1-11H. The van der Waals surface area contributed by atoms with Crippen molar-refractivity contribution in [1.82, 2.24) is 9.38 Å². The Labute approximate surface area is 146 Å². The molecule has 3 aromatic heterocycles. The zero-order chi connectivity index (χ0) is 17.2. The summed E-state index contributed by atoms with van der Waals surface area (Å²) >= 11 is 1.57. The Morgan fingerprint density at radius 3 is 2.80 bits per heavy atom. The van der Waals surface area contributed by atoms with E-state index in [2.05, 4.69) is 15.2 Å². The van der Waals surface area contributed by atoms with Crippen molar-refractivity contribution in [3.63, 3.8) is 0 Å². The number of azo groups is 1. The number of rotatable bonds is 4. The fraction of sp³-hybridized carbons (Fsp3) is 0. The van der Waals surface area contributed by atoms with Crippen molar-refractivity contribution in [1.29, 1.82) is 0 Å². The smallest absolute Gasteiger partial charge is 0.271 e. The third-order valence-electron chi connectivity index (χ3n) is 3.56. The number of hydrogen-bond donors (Lipinski definition) is 0. The number of thiophene rings is 1. The zero-order valence-electron chi connectivity index (χ0n) is 12.8. The van der Waals surface area contributed by atoms with E-state index in [9.17, 15) is 10.1 Å². The van der Waals surface area contributed by atoms with Gasteiger partial charge in [-0.1, -0.05) is 18.2 Å². The molecule has 25 heavy (non-hydrogen) atoms. The fourth-order valence-corrected chi connectivity index (χ4v) is 3.14. The Kier molecular flexibility index (Phi) is 3.79. The summed E-state index contributed by atoms with van der Waals surface area (Å²) in [6.45, 7) is 0. The third kappa shape index (κ3) is 2.90. The summed E-state index contributed by atoms with van der Waals surface area (Å²) in [4.78, 5) is 16.0. The summed E-state index contributed by atoms with van der Waals surface area (Å²) < 4.78 is 1.84. The molecule has 0 saturated carbocycles. The summed E-state index contributed by atoms with van der Waals surface area (Å²) in [5, 5.41) is 21.4. The van der Waals surface area contributed by atoms with Gasteiger partial charge >= 0.3 is 0 Å². The van der Waals surface area contributed by atoms with Gasteiger partial charge in [-0.15, -0.1) is 21.6 Å². The lowest BCUT2D eigenvalue weighted by Gasteiger charge is -1.97. The second-order valence-electron chi connectivity index (χ2n) is 5.17. The molecule has 0 aliphatic rings. The summed E-state index contributed by atoms with van der Waals surface area (Å²) in [5.41, 5.74) is 1.89. The molecule has 0 aliphatic carbocycles. The summed E-state index contributed by atoms with van der Waals surface area (Å²) in [6.07, 6.45) is 1.86. The van der Waals surface area contributed by atoms with E-state index < -0.39 is 4.92 Å². The number of hydrogen-bond acceptors (Lipinski definition) is 6. The van der Waals surface area contributed by atoms with Crippen molar-refractivity contribution < 1.29 is 4.92 Å². The lowest BCUT2D eigenvalue weighted by atomic mass is 10.3. The molecule has 1 aromatic carbocycles. The van der Waals surface area contributed by atoms with Crippen molar-refractivity contribution in [3.8, 4) is 10.6 Å². The van der Waals surface area contributed by atoms with E-state index in [1.54, 1.807) is 23.5 Å². The molecule has 0 atom stereocenters. The first-order valence-electron chi connectivity index (χ1n) is 7.39. The van der Waals surface area contributed by atoms with Crippen LogP contribution < -0.4 is 0 Å². The molecule has 0 bridgehead atoms. The third-order valence-corrected chi connectivity index (χ3v) is 4.44. The fourth-order valence-electron chi connectivity index (χ4n) is 2.43. The molecule has 0 amide bonds. The molecule has 0 unspecified atom stereocenters. The van der Waals surface area contributed by atoms with Crippen LogP contribution in [0.1, 0.15) is 0 Å². The maximum Gasteiger partial charge on any atom is 0.271 e. The minimum atomic E-state index is -0.454. The number of nitrogens with zero attached hydrogens (tertiary/aromatic N) is 5. The van der Waals surface area contributed by atoms with Crippen LogP contribution in [0.3, 0.4) is 0 Å². The van der Waals surface area contributed by atoms with Gasteiger partial charge in [0.2, 0.25) is 0 Å². The quantitative estimate of drug-likeness (QED) is 0.281. The molecule has 0 saturated heterocycles. The highest BCUT2D eigenvalue weighted by Crippen LogP contribution is 2.34. The van der Waals surface area contributed by atoms with Crippen molar-refractivity contribution in [2.24, 2.45) is 10.2 Å². The van der Waals surface area contributed by atoms with Crippen LogP contribution in [0.2, 0.25) is 0 Å². The number of pyridine rings is 1. The minimum Gasteiger partial charge on any atom is -0.283 e. The Hall–Kier alpha value is -3.39. The molecule has 0 N–H and O–H groups in total. The van der Waals surface area contributed by atoms with E-state index in [-0.39, 0.29) is 5.69 Å². The Balaban J connectivity index is 1.82. The van der Waals surface area contributed by atoms with Crippen LogP contribution in [0.4, 0.5) is 17.2 Å². The molecule has 4 rings (SSSR count). The number of benzene rings is 1. The molecule has 122 valence electrons. The van der Waals surface area contributed by atoms with E-state index in [0.29, 0.717) is 11.5 Å². The van der Waals surface area contributed by atoms with E-state index in [1.807, 2.05) is 46.3 Å². The van der Waals surface area contributed by atoms with E-state index in [1.165, 1.54) is 12.1 Å². The summed E-state index contributed by atoms with van der Waals surface area (Å²) in [7, 11) is 0. The normalized spacial score (nSPS) is 11.4. The van der Waals surface area contributed by atoms with Crippen molar-refractivity contribution in [2.45, 2.75) is 0 Å². The average molecular weight is 349 g/mol. The second-order valence-corrected chi connectivity index (χ2v) is 6.11.